The van der Waals surface area contributed by atoms with E-state index in [1.807, 2.05) is 0 Å². The molecule has 160 valence electrons. The van der Waals surface area contributed by atoms with Crippen molar-refractivity contribution >= 4 is 15.9 Å². The number of fused-ring (bicyclic) bond motifs is 1. The van der Waals surface area contributed by atoms with E-state index < -0.39 is 10.0 Å². The van der Waals surface area contributed by atoms with Crippen LogP contribution < -0.4 is 5.32 Å². The minimum atomic E-state index is -3.55. The van der Waals surface area contributed by atoms with E-state index in [0.717, 1.165) is 32.5 Å². The fourth-order valence-corrected chi connectivity index (χ4v) is 5.89. The molecule has 0 bridgehead atoms. The predicted octanol–water partition coefficient (Wildman–Crippen LogP) is 2.26. The average Bonchev–Trinajstić information content (AvgIpc) is 2.79. The molecule has 2 aromatic carbocycles. The van der Waals surface area contributed by atoms with E-state index in [0.29, 0.717) is 19.5 Å². The van der Waals surface area contributed by atoms with Crippen LogP contribution in [0.5, 0.6) is 0 Å². The molecule has 2 aliphatic rings. The third-order valence-corrected chi connectivity index (χ3v) is 7.95. The van der Waals surface area contributed by atoms with Gasteiger partial charge >= 0.3 is 0 Å². The molecule has 0 aromatic heterocycles. The summed E-state index contributed by atoms with van der Waals surface area (Å²) in [6.45, 7) is 4.02. The maximum atomic E-state index is 12.9. The molecule has 0 aliphatic carbocycles. The molecule has 2 aliphatic heterocycles. The van der Waals surface area contributed by atoms with Crippen molar-refractivity contribution in [2.24, 2.45) is 5.92 Å². The van der Waals surface area contributed by atoms with E-state index in [9.17, 15) is 13.2 Å². The molecule has 1 fully saturated rings. The molecule has 0 spiro atoms. The normalized spacial score (nSPS) is 20.5. The monoisotopic (exact) mass is 427 g/mol. The van der Waals surface area contributed by atoms with Gasteiger partial charge in [0.1, 0.15) is 0 Å². The van der Waals surface area contributed by atoms with E-state index in [1.165, 1.54) is 15.4 Å². The molecule has 2 heterocycles. The van der Waals surface area contributed by atoms with Crippen LogP contribution in [0.3, 0.4) is 0 Å². The van der Waals surface area contributed by atoms with Gasteiger partial charge in [-0.05, 0) is 42.5 Å². The number of nitrogens with one attached hydrogen (secondary N) is 1. The Bertz CT molecular complexity index is 978. The highest BCUT2D eigenvalue weighted by Gasteiger charge is 2.33. The summed E-state index contributed by atoms with van der Waals surface area (Å²) in [4.78, 5) is 15.3. The summed E-state index contributed by atoms with van der Waals surface area (Å²) in [7, 11) is -3.55. The SMILES string of the molecule is O=C(NCCN1CCc2ccccc2C1)[C@H]1CCCN(S(=O)(=O)c2ccccc2)C1. The lowest BCUT2D eigenvalue weighted by Gasteiger charge is -2.32. The van der Waals surface area contributed by atoms with Crippen LogP contribution in [0.15, 0.2) is 59.5 Å². The highest BCUT2D eigenvalue weighted by molar-refractivity contribution is 7.89. The highest BCUT2D eigenvalue weighted by Crippen LogP contribution is 2.24. The summed E-state index contributed by atoms with van der Waals surface area (Å²) < 4.78 is 27.2. The summed E-state index contributed by atoms with van der Waals surface area (Å²) >= 11 is 0. The first-order valence-corrected chi connectivity index (χ1v) is 12.1. The van der Waals surface area contributed by atoms with Crippen molar-refractivity contribution in [2.45, 2.75) is 30.7 Å². The molecular weight excluding hydrogens is 398 g/mol. The van der Waals surface area contributed by atoms with Crippen molar-refractivity contribution in [3.8, 4) is 0 Å². The van der Waals surface area contributed by atoms with E-state index in [2.05, 4.69) is 34.5 Å². The smallest absolute Gasteiger partial charge is 0.243 e. The summed E-state index contributed by atoms with van der Waals surface area (Å²) in [5.74, 6) is -0.334. The maximum Gasteiger partial charge on any atom is 0.243 e. The molecule has 1 saturated heterocycles. The minimum absolute atomic E-state index is 0.0413. The van der Waals surface area contributed by atoms with Gasteiger partial charge in [0, 0.05) is 39.3 Å². The van der Waals surface area contributed by atoms with Gasteiger partial charge in [-0.2, -0.15) is 4.31 Å². The number of hydrogen-bond acceptors (Lipinski definition) is 4. The largest absolute Gasteiger partial charge is 0.355 e. The lowest BCUT2D eigenvalue weighted by Crippen LogP contribution is -2.46. The van der Waals surface area contributed by atoms with Gasteiger partial charge < -0.3 is 5.32 Å². The molecule has 1 N–H and O–H groups in total. The van der Waals surface area contributed by atoms with Gasteiger partial charge in [0.05, 0.1) is 10.8 Å². The zero-order valence-electron chi connectivity index (χ0n) is 17.2. The van der Waals surface area contributed by atoms with Crippen LogP contribution in [0, 0.1) is 5.92 Å². The molecule has 0 radical (unpaired) electrons. The Morgan fingerprint density at radius 2 is 1.73 bits per heavy atom. The standard InChI is InChI=1S/C23H29N3O3S/c27-23(24-13-16-25-15-12-19-7-4-5-8-20(19)17-25)21-9-6-14-26(18-21)30(28,29)22-10-2-1-3-11-22/h1-5,7-8,10-11,21H,6,9,12-18H2,(H,24,27)/t21-/m0/s1. The van der Waals surface area contributed by atoms with E-state index in [4.69, 9.17) is 0 Å². The molecule has 4 rings (SSSR count). The third kappa shape index (κ3) is 4.74. The van der Waals surface area contributed by atoms with Crippen molar-refractivity contribution < 1.29 is 13.2 Å². The predicted molar refractivity (Wildman–Crippen MR) is 116 cm³/mol. The van der Waals surface area contributed by atoms with Crippen LogP contribution in [0.1, 0.15) is 24.0 Å². The van der Waals surface area contributed by atoms with Gasteiger partial charge in [-0.1, -0.05) is 42.5 Å². The third-order valence-electron chi connectivity index (χ3n) is 6.07. The number of piperidine rings is 1. The summed E-state index contributed by atoms with van der Waals surface area (Å²) in [6, 6.07) is 17.0. The molecule has 1 amide bonds. The van der Waals surface area contributed by atoms with E-state index >= 15 is 0 Å². The fourth-order valence-electron chi connectivity index (χ4n) is 4.34. The second kappa shape index (κ2) is 9.29. The molecule has 7 heteroatoms. The number of benzene rings is 2. The van der Waals surface area contributed by atoms with Crippen molar-refractivity contribution in [2.75, 3.05) is 32.7 Å². The first kappa shape index (κ1) is 21.0. The summed E-state index contributed by atoms with van der Waals surface area (Å²) in [5, 5.41) is 3.03. The number of carbonyl (C=O) groups is 1. The molecule has 2 aromatic rings. The number of sulfonamides is 1. The minimum Gasteiger partial charge on any atom is -0.355 e. The van der Waals surface area contributed by atoms with Crippen LogP contribution >= 0.6 is 0 Å². The first-order valence-electron chi connectivity index (χ1n) is 10.7. The number of rotatable bonds is 6. The van der Waals surface area contributed by atoms with Crippen LogP contribution in [-0.2, 0) is 27.8 Å². The Labute approximate surface area is 178 Å². The zero-order valence-corrected chi connectivity index (χ0v) is 18.0. The van der Waals surface area contributed by atoms with Crippen molar-refractivity contribution in [1.82, 2.24) is 14.5 Å². The second-order valence-corrected chi connectivity index (χ2v) is 10.0. The van der Waals surface area contributed by atoms with Crippen LogP contribution in [0.4, 0.5) is 0 Å². The second-order valence-electron chi connectivity index (χ2n) is 8.10. The van der Waals surface area contributed by atoms with Gasteiger partial charge in [-0.3, -0.25) is 9.69 Å². The van der Waals surface area contributed by atoms with Gasteiger partial charge in [0.25, 0.3) is 0 Å². The Hall–Kier alpha value is -2.22. The number of nitrogens with zero attached hydrogens (tertiary/aromatic N) is 2. The Kier molecular flexibility index (Phi) is 6.51. The number of amides is 1. The van der Waals surface area contributed by atoms with E-state index in [1.54, 1.807) is 30.3 Å². The topological polar surface area (TPSA) is 69.7 Å². The van der Waals surface area contributed by atoms with Crippen molar-refractivity contribution in [1.29, 1.82) is 0 Å². The fraction of sp³-hybridized carbons (Fsp3) is 0.435. The van der Waals surface area contributed by atoms with Gasteiger partial charge in [0.2, 0.25) is 15.9 Å². The average molecular weight is 428 g/mol. The van der Waals surface area contributed by atoms with Gasteiger partial charge in [-0.15, -0.1) is 0 Å². The molecule has 0 unspecified atom stereocenters. The first-order chi connectivity index (χ1) is 14.5. The maximum absolute atomic E-state index is 12.9. The van der Waals surface area contributed by atoms with Crippen molar-refractivity contribution in [3.05, 3.63) is 65.7 Å². The Morgan fingerprint density at radius 1 is 1.00 bits per heavy atom. The molecular formula is C23H29N3O3S. The Balaban J connectivity index is 1.28. The van der Waals surface area contributed by atoms with E-state index in [-0.39, 0.29) is 23.3 Å². The lowest BCUT2D eigenvalue weighted by molar-refractivity contribution is -0.126. The molecule has 6 nitrogen and oxygen atoms in total. The van der Waals surface area contributed by atoms with Gasteiger partial charge in [-0.25, -0.2) is 8.42 Å². The van der Waals surface area contributed by atoms with Gasteiger partial charge in [0.15, 0.2) is 0 Å². The van der Waals surface area contributed by atoms with Crippen LogP contribution in [-0.4, -0.2) is 56.3 Å². The summed E-state index contributed by atoms with van der Waals surface area (Å²) in [6.07, 6.45) is 2.47. The highest BCUT2D eigenvalue weighted by atomic mass is 32.2. The summed E-state index contributed by atoms with van der Waals surface area (Å²) in [5.41, 5.74) is 2.78. The quantitative estimate of drug-likeness (QED) is 0.768. The zero-order chi connectivity index (χ0) is 21.0. The van der Waals surface area contributed by atoms with Crippen LogP contribution in [0.25, 0.3) is 0 Å². The molecule has 0 saturated carbocycles. The van der Waals surface area contributed by atoms with Crippen LogP contribution in [0.2, 0.25) is 0 Å². The molecule has 30 heavy (non-hydrogen) atoms. The number of carbonyl (C=O) groups excluding carboxylic acids is 1. The Morgan fingerprint density at radius 3 is 2.53 bits per heavy atom. The molecule has 1 atom stereocenters. The van der Waals surface area contributed by atoms with Crippen molar-refractivity contribution in [3.63, 3.8) is 0 Å². The number of hydrogen-bond donors (Lipinski definition) is 1. The lowest BCUT2D eigenvalue weighted by atomic mass is 9.98.